The first kappa shape index (κ1) is 13.6. The van der Waals surface area contributed by atoms with Gasteiger partial charge >= 0.3 is 0 Å². The van der Waals surface area contributed by atoms with E-state index >= 15 is 0 Å². The summed E-state index contributed by atoms with van der Waals surface area (Å²) in [6, 6.07) is 15.1. The van der Waals surface area contributed by atoms with E-state index in [1.165, 1.54) is 0 Å². The lowest BCUT2D eigenvalue weighted by molar-refractivity contribution is -0.116. The standard InChI is InChI=1S/C17H18N2O2/c18-15(12-4-2-1-3-5-12)11-17(20)19-14-6-7-16-13(10-14)8-9-21-16/h1-7,10,15H,8-9,11,18H2,(H,19,20). The first-order chi connectivity index (χ1) is 10.2. The summed E-state index contributed by atoms with van der Waals surface area (Å²) >= 11 is 0. The molecule has 4 heteroatoms. The number of nitrogens with two attached hydrogens (primary N) is 1. The summed E-state index contributed by atoms with van der Waals surface area (Å²) in [5, 5.41) is 2.90. The Labute approximate surface area is 123 Å². The van der Waals surface area contributed by atoms with Crippen LogP contribution < -0.4 is 15.8 Å². The number of anilines is 1. The van der Waals surface area contributed by atoms with Gasteiger partial charge in [-0.2, -0.15) is 0 Å². The van der Waals surface area contributed by atoms with Gasteiger partial charge in [-0.05, 0) is 29.3 Å². The molecule has 0 aromatic heterocycles. The van der Waals surface area contributed by atoms with Crippen molar-refractivity contribution in [2.24, 2.45) is 5.73 Å². The molecule has 3 N–H and O–H groups in total. The largest absolute Gasteiger partial charge is 0.493 e. The Hall–Kier alpha value is -2.33. The summed E-state index contributed by atoms with van der Waals surface area (Å²) in [6.07, 6.45) is 1.15. The number of carbonyl (C=O) groups is 1. The third-order valence-corrected chi connectivity index (χ3v) is 3.61. The Morgan fingerprint density at radius 3 is 2.86 bits per heavy atom. The van der Waals surface area contributed by atoms with Crippen molar-refractivity contribution in [2.45, 2.75) is 18.9 Å². The minimum Gasteiger partial charge on any atom is -0.493 e. The zero-order valence-electron chi connectivity index (χ0n) is 11.7. The second kappa shape index (κ2) is 5.97. The first-order valence-corrected chi connectivity index (χ1v) is 7.08. The second-order valence-electron chi connectivity index (χ2n) is 5.19. The van der Waals surface area contributed by atoms with Crippen LogP contribution in [0.4, 0.5) is 5.69 Å². The maximum Gasteiger partial charge on any atom is 0.226 e. The number of ether oxygens (including phenoxy) is 1. The lowest BCUT2D eigenvalue weighted by Gasteiger charge is -2.12. The third-order valence-electron chi connectivity index (χ3n) is 3.61. The number of benzene rings is 2. The van der Waals surface area contributed by atoms with E-state index in [9.17, 15) is 4.79 Å². The first-order valence-electron chi connectivity index (χ1n) is 7.08. The van der Waals surface area contributed by atoms with E-state index in [4.69, 9.17) is 10.5 Å². The van der Waals surface area contributed by atoms with E-state index in [1.807, 2.05) is 48.5 Å². The molecule has 0 bridgehead atoms. The molecule has 3 rings (SSSR count). The fraction of sp³-hybridized carbons (Fsp3) is 0.235. The van der Waals surface area contributed by atoms with E-state index in [2.05, 4.69) is 5.32 Å². The van der Waals surface area contributed by atoms with Crippen LogP contribution in [0.1, 0.15) is 23.6 Å². The zero-order valence-corrected chi connectivity index (χ0v) is 11.7. The Kier molecular flexibility index (Phi) is 3.88. The van der Waals surface area contributed by atoms with Crippen molar-refractivity contribution in [1.29, 1.82) is 0 Å². The van der Waals surface area contributed by atoms with Crippen molar-refractivity contribution in [3.63, 3.8) is 0 Å². The van der Waals surface area contributed by atoms with E-state index in [0.717, 1.165) is 29.0 Å². The smallest absolute Gasteiger partial charge is 0.226 e. The fourth-order valence-electron chi connectivity index (χ4n) is 2.49. The lowest BCUT2D eigenvalue weighted by Crippen LogP contribution is -2.20. The number of nitrogens with one attached hydrogen (secondary N) is 1. The fourth-order valence-corrected chi connectivity index (χ4v) is 2.49. The Balaban J connectivity index is 1.61. The van der Waals surface area contributed by atoms with Gasteiger partial charge in [0.05, 0.1) is 6.61 Å². The highest BCUT2D eigenvalue weighted by Crippen LogP contribution is 2.28. The van der Waals surface area contributed by atoms with Crippen molar-refractivity contribution >= 4 is 11.6 Å². The summed E-state index contributed by atoms with van der Waals surface area (Å²) in [4.78, 5) is 12.1. The molecule has 0 saturated heterocycles. The van der Waals surface area contributed by atoms with Gasteiger partial charge in [-0.25, -0.2) is 0 Å². The Morgan fingerprint density at radius 2 is 2.05 bits per heavy atom. The average molecular weight is 282 g/mol. The lowest BCUT2D eigenvalue weighted by atomic mass is 10.0. The Bertz CT molecular complexity index is 640. The molecule has 2 aromatic rings. The normalized spacial score (nSPS) is 14.1. The third kappa shape index (κ3) is 3.23. The van der Waals surface area contributed by atoms with Gasteiger partial charge in [0.2, 0.25) is 5.91 Å². The van der Waals surface area contributed by atoms with Crippen molar-refractivity contribution in [3.05, 3.63) is 59.7 Å². The zero-order chi connectivity index (χ0) is 14.7. The van der Waals surface area contributed by atoms with Gasteiger partial charge in [0.25, 0.3) is 0 Å². The molecule has 108 valence electrons. The quantitative estimate of drug-likeness (QED) is 0.906. The van der Waals surface area contributed by atoms with E-state index in [-0.39, 0.29) is 18.4 Å². The van der Waals surface area contributed by atoms with Crippen molar-refractivity contribution in [3.8, 4) is 5.75 Å². The van der Waals surface area contributed by atoms with Crippen LogP contribution in [-0.2, 0) is 11.2 Å². The SMILES string of the molecule is NC(CC(=O)Nc1ccc2c(c1)CCO2)c1ccccc1. The van der Waals surface area contributed by atoms with Gasteiger partial charge in [0.1, 0.15) is 5.75 Å². The molecular weight excluding hydrogens is 264 g/mol. The number of rotatable bonds is 4. The molecule has 21 heavy (non-hydrogen) atoms. The molecule has 0 fully saturated rings. The van der Waals surface area contributed by atoms with E-state index in [1.54, 1.807) is 0 Å². The number of carbonyl (C=O) groups excluding carboxylic acids is 1. The predicted octanol–water partition coefficient (Wildman–Crippen LogP) is 2.65. The van der Waals surface area contributed by atoms with E-state index in [0.29, 0.717) is 6.61 Å². The number of amides is 1. The Morgan fingerprint density at radius 1 is 1.24 bits per heavy atom. The highest BCUT2D eigenvalue weighted by atomic mass is 16.5. The minimum absolute atomic E-state index is 0.0785. The van der Waals surface area contributed by atoms with Crippen LogP contribution >= 0.6 is 0 Å². The molecule has 1 unspecified atom stereocenters. The van der Waals surface area contributed by atoms with Crippen LogP contribution in [0.25, 0.3) is 0 Å². The highest BCUT2D eigenvalue weighted by Gasteiger charge is 2.15. The summed E-state index contributed by atoms with van der Waals surface area (Å²) in [6.45, 7) is 0.714. The molecule has 1 aliphatic rings. The molecule has 0 spiro atoms. The monoisotopic (exact) mass is 282 g/mol. The van der Waals surface area contributed by atoms with Crippen molar-refractivity contribution in [1.82, 2.24) is 0 Å². The molecular formula is C17H18N2O2. The van der Waals surface area contributed by atoms with E-state index < -0.39 is 0 Å². The average Bonchev–Trinajstić information content (AvgIpc) is 2.95. The minimum atomic E-state index is -0.288. The molecule has 0 aliphatic carbocycles. The highest BCUT2D eigenvalue weighted by molar-refractivity contribution is 5.91. The summed E-state index contributed by atoms with van der Waals surface area (Å²) < 4.78 is 5.45. The van der Waals surface area contributed by atoms with Crippen LogP contribution in [0.3, 0.4) is 0 Å². The van der Waals surface area contributed by atoms with Gasteiger partial charge in [0, 0.05) is 24.6 Å². The van der Waals surface area contributed by atoms with Crippen LogP contribution in [0.5, 0.6) is 5.75 Å². The van der Waals surface area contributed by atoms with Gasteiger partial charge in [0.15, 0.2) is 0 Å². The number of hydrogen-bond donors (Lipinski definition) is 2. The number of fused-ring (bicyclic) bond motifs is 1. The summed E-state index contributed by atoms with van der Waals surface area (Å²) in [5.41, 5.74) is 8.96. The molecule has 1 amide bonds. The number of hydrogen-bond acceptors (Lipinski definition) is 3. The summed E-state index contributed by atoms with van der Waals surface area (Å²) in [5.74, 6) is 0.833. The predicted molar refractivity (Wildman–Crippen MR) is 82.3 cm³/mol. The van der Waals surface area contributed by atoms with Gasteiger partial charge in [-0.3, -0.25) is 4.79 Å². The maximum atomic E-state index is 12.1. The van der Waals surface area contributed by atoms with Crippen LogP contribution in [-0.4, -0.2) is 12.5 Å². The molecule has 1 heterocycles. The molecule has 2 aromatic carbocycles. The van der Waals surface area contributed by atoms with Crippen LogP contribution in [0, 0.1) is 0 Å². The molecule has 1 atom stereocenters. The van der Waals surface area contributed by atoms with Crippen molar-refractivity contribution < 1.29 is 9.53 Å². The summed E-state index contributed by atoms with van der Waals surface area (Å²) in [7, 11) is 0. The molecule has 0 saturated carbocycles. The van der Waals surface area contributed by atoms with Crippen molar-refractivity contribution in [2.75, 3.05) is 11.9 Å². The molecule has 0 radical (unpaired) electrons. The van der Waals surface area contributed by atoms with Gasteiger partial charge in [-0.1, -0.05) is 30.3 Å². The molecule has 4 nitrogen and oxygen atoms in total. The van der Waals surface area contributed by atoms with Gasteiger partial charge in [-0.15, -0.1) is 0 Å². The molecule has 1 aliphatic heterocycles. The van der Waals surface area contributed by atoms with Crippen LogP contribution in [0.2, 0.25) is 0 Å². The maximum absolute atomic E-state index is 12.1. The van der Waals surface area contributed by atoms with Gasteiger partial charge < -0.3 is 15.8 Å². The van der Waals surface area contributed by atoms with Crippen LogP contribution in [0.15, 0.2) is 48.5 Å². The topological polar surface area (TPSA) is 64.4 Å². The second-order valence-corrected chi connectivity index (χ2v) is 5.19.